The maximum absolute atomic E-state index is 12.5. The number of carbonyl (C=O) groups excluding carboxylic acids is 1. The minimum absolute atomic E-state index is 0.231. The van der Waals surface area contributed by atoms with Gasteiger partial charge in [-0.2, -0.15) is 13.2 Å². The number of rotatable bonds is 5. The molecule has 0 radical (unpaired) electrons. The molecule has 0 aliphatic heterocycles. The number of hydrogen-bond acceptors (Lipinski definition) is 3. The Labute approximate surface area is 119 Å². The van der Waals surface area contributed by atoms with E-state index < -0.39 is 25.2 Å². The Morgan fingerprint density at radius 3 is 2.55 bits per heavy atom. The minimum atomic E-state index is -4.49. The van der Waals surface area contributed by atoms with Crippen LogP contribution in [-0.4, -0.2) is 48.0 Å². The third-order valence-electron chi connectivity index (χ3n) is 2.70. The highest BCUT2D eigenvalue weighted by Crippen LogP contribution is 2.22. The Balaban J connectivity index is 3.05. The van der Waals surface area contributed by atoms with E-state index in [1.165, 1.54) is 11.8 Å². The minimum Gasteiger partial charge on any atom is -0.395 e. The fourth-order valence-corrected chi connectivity index (χ4v) is 2.16. The van der Waals surface area contributed by atoms with E-state index in [4.69, 9.17) is 5.11 Å². The highest BCUT2D eigenvalue weighted by atomic mass is 32.2. The largest absolute Gasteiger partial charge is 0.406 e. The Hall–Kier alpha value is -1.21. The average Bonchev–Trinajstić information content (AvgIpc) is 2.36. The van der Waals surface area contributed by atoms with Gasteiger partial charge < -0.3 is 10.0 Å². The summed E-state index contributed by atoms with van der Waals surface area (Å²) >= 11 is 1.40. The summed E-state index contributed by atoms with van der Waals surface area (Å²) in [7, 11) is 0. The van der Waals surface area contributed by atoms with Gasteiger partial charge in [0.2, 0.25) is 0 Å². The molecule has 0 spiro atoms. The van der Waals surface area contributed by atoms with Gasteiger partial charge in [-0.25, -0.2) is 0 Å². The number of aryl methyl sites for hydroxylation is 1. The molecule has 1 rings (SSSR count). The molecule has 1 N–H and O–H groups in total. The van der Waals surface area contributed by atoms with Crippen LogP contribution < -0.4 is 0 Å². The zero-order valence-corrected chi connectivity index (χ0v) is 12.0. The number of alkyl halides is 3. The standard InChI is InChI=1S/C13H16F3NO2S/c1-9-3-4-10(20-2)7-11(9)12(19)17(5-6-18)8-13(14,15)16/h3-4,7,18H,5-6,8H2,1-2H3. The summed E-state index contributed by atoms with van der Waals surface area (Å²) in [4.78, 5) is 13.6. The van der Waals surface area contributed by atoms with Crippen molar-refractivity contribution in [3.8, 4) is 0 Å². The summed E-state index contributed by atoms with van der Waals surface area (Å²) in [6, 6.07) is 5.07. The second kappa shape index (κ2) is 6.99. The molecule has 0 unspecified atom stereocenters. The van der Waals surface area contributed by atoms with Crippen LogP contribution in [0.4, 0.5) is 13.2 Å². The molecule has 20 heavy (non-hydrogen) atoms. The van der Waals surface area contributed by atoms with Gasteiger partial charge in [0.1, 0.15) is 6.54 Å². The second-order valence-corrected chi connectivity index (χ2v) is 5.13. The van der Waals surface area contributed by atoms with E-state index in [2.05, 4.69) is 0 Å². The molecule has 1 aromatic rings. The number of aliphatic hydroxyl groups excluding tert-OH is 1. The summed E-state index contributed by atoms with van der Waals surface area (Å²) in [5.41, 5.74) is 0.840. The number of aliphatic hydroxyl groups is 1. The predicted octanol–water partition coefficient (Wildman–Crippen LogP) is 2.71. The van der Waals surface area contributed by atoms with E-state index in [0.717, 1.165) is 4.90 Å². The number of amides is 1. The number of nitrogens with zero attached hydrogens (tertiary/aromatic N) is 1. The van der Waals surface area contributed by atoms with Crippen LogP contribution in [0.15, 0.2) is 23.1 Å². The maximum Gasteiger partial charge on any atom is 0.406 e. The van der Waals surface area contributed by atoms with Crippen molar-refractivity contribution in [1.82, 2.24) is 4.90 Å². The van der Waals surface area contributed by atoms with Crippen molar-refractivity contribution in [1.29, 1.82) is 0 Å². The molecule has 0 aliphatic rings. The quantitative estimate of drug-likeness (QED) is 0.850. The molecular weight excluding hydrogens is 291 g/mol. The second-order valence-electron chi connectivity index (χ2n) is 4.25. The fourth-order valence-electron chi connectivity index (χ4n) is 1.72. The highest BCUT2D eigenvalue weighted by molar-refractivity contribution is 7.98. The topological polar surface area (TPSA) is 40.5 Å². The Bertz CT molecular complexity index is 477. The zero-order valence-electron chi connectivity index (χ0n) is 11.2. The van der Waals surface area contributed by atoms with Crippen LogP contribution in [0.2, 0.25) is 0 Å². The van der Waals surface area contributed by atoms with E-state index in [1.54, 1.807) is 25.1 Å². The van der Waals surface area contributed by atoms with E-state index in [1.807, 2.05) is 6.26 Å². The van der Waals surface area contributed by atoms with Gasteiger partial charge in [0.15, 0.2) is 0 Å². The van der Waals surface area contributed by atoms with Crippen LogP contribution >= 0.6 is 11.8 Å². The molecule has 0 aromatic heterocycles. The number of thioether (sulfide) groups is 1. The third-order valence-corrected chi connectivity index (χ3v) is 3.43. The number of halogens is 3. The maximum atomic E-state index is 12.5. The van der Waals surface area contributed by atoms with E-state index >= 15 is 0 Å². The van der Waals surface area contributed by atoms with Crippen LogP contribution in [-0.2, 0) is 0 Å². The lowest BCUT2D eigenvalue weighted by Crippen LogP contribution is -2.40. The lowest BCUT2D eigenvalue weighted by Gasteiger charge is -2.24. The van der Waals surface area contributed by atoms with E-state index in [9.17, 15) is 18.0 Å². The van der Waals surface area contributed by atoms with Gasteiger partial charge in [-0.1, -0.05) is 6.07 Å². The summed E-state index contributed by atoms with van der Waals surface area (Å²) in [6.45, 7) is -0.554. The summed E-state index contributed by atoms with van der Waals surface area (Å²) in [5, 5.41) is 8.83. The van der Waals surface area contributed by atoms with Gasteiger partial charge in [0, 0.05) is 17.0 Å². The lowest BCUT2D eigenvalue weighted by molar-refractivity contribution is -0.141. The molecule has 0 heterocycles. The van der Waals surface area contributed by atoms with Crippen molar-refractivity contribution in [2.24, 2.45) is 0 Å². The van der Waals surface area contributed by atoms with Crippen LogP contribution in [0.3, 0.4) is 0 Å². The Morgan fingerprint density at radius 2 is 2.05 bits per heavy atom. The van der Waals surface area contributed by atoms with Gasteiger partial charge in [0.25, 0.3) is 5.91 Å². The van der Waals surface area contributed by atoms with Crippen molar-refractivity contribution in [2.45, 2.75) is 18.0 Å². The van der Waals surface area contributed by atoms with Gasteiger partial charge in [-0.15, -0.1) is 11.8 Å². The van der Waals surface area contributed by atoms with Crippen molar-refractivity contribution < 1.29 is 23.1 Å². The molecule has 7 heteroatoms. The first-order valence-electron chi connectivity index (χ1n) is 5.90. The van der Waals surface area contributed by atoms with Crippen LogP contribution in [0.1, 0.15) is 15.9 Å². The smallest absolute Gasteiger partial charge is 0.395 e. The molecule has 0 bridgehead atoms. The molecule has 112 valence electrons. The van der Waals surface area contributed by atoms with Gasteiger partial charge >= 0.3 is 6.18 Å². The highest BCUT2D eigenvalue weighted by Gasteiger charge is 2.33. The fraction of sp³-hybridized carbons (Fsp3) is 0.462. The van der Waals surface area contributed by atoms with E-state index in [-0.39, 0.29) is 12.1 Å². The van der Waals surface area contributed by atoms with Crippen LogP contribution in [0, 0.1) is 6.92 Å². The average molecular weight is 307 g/mol. The first-order valence-corrected chi connectivity index (χ1v) is 7.12. The van der Waals surface area contributed by atoms with Gasteiger partial charge in [-0.3, -0.25) is 4.79 Å². The number of carbonyl (C=O) groups is 1. The molecule has 0 atom stereocenters. The molecule has 0 saturated carbocycles. The first kappa shape index (κ1) is 16.8. The molecule has 1 amide bonds. The number of hydrogen-bond donors (Lipinski definition) is 1. The van der Waals surface area contributed by atoms with Crippen molar-refractivity contribution >= 4 is 17.7 Å². The Morgan fingerprint density at radius 1 is 1.40 bits per heavy atom. The predicted molar refractivity (Wildman–Crippen MR) is 72.0 cm³/mol. The van der Waals surface area contributed by atoms with E-state index in [0.29, 0.717) is 10.5 Å². The SMILES string of the molecule is CSc1ccc(C)c(C(=O)N(CCO)CC(F)(F)F)c1. The summed E-state index contributed by atoms with van der Waals surface area (Å²) < 4.78 is 37.4. The monoisotopic (exact) mass is 307 g/mol. The third kappa shape index (κ3) is 4.72. The first-order chi connectivity index (χ1) is 9.28. The van der Waals surface area contributed by atoms with Crippen molar-refractivity contribution in [3.05, 3.63) is 29.3 Å². The Kier molecular flexibility index (Phi) is 5.88. The molecule has 3 nitrogen and oxygen atoms in total. The van der Waals surface area contributed by atoms with Crippen LogP contribution in [0.5, 0.6) is 0 Å². The zero-order chi connectivity index (χ0) is 15.3. The number of benzene rings is 1. The van der Waals surface area contributed by atoms with Crippen LogP contribution in [0.25, 0.3) is 0 Å². The van der Waals surface area contributed by atoms with Gasteiger partial charge in [-0.05, 0) is 30.9 Å². The summed E-state index contributed by atoms with van der Waals surface area (Å²) in [6.07, 6.45) is -2.67. The van der Waals surface area contributed by atoms with Crippen molar-refractivity contribution in [3.63, 3.8) is 0 Å². The normalized spacial score (nSPS) is 11.5. The molecule has 1 aromatic carbocycles. The lowest BCUT2D eigenvalue weighted by atomic mass is 10.1. The molecule has 0 fully saturated rings. The summed E-state index contributed by atoms with van der Waals surface area (Å²) in [5.74, 6) is -0.718. The molecule has 0 saturated heterocycles. The van der Waals surface area contributed by atoms with Crippen molar-refractivity contribution in [2.75, 3.05) is 26.0 Å². The molecular formula is C13H16F3NO2S. The van der Waals surface area contributed by atoms with Gasteiger partial charge in [0.05, 0.1) is 6.61 Å². The molecule has 0 aliphatic carbocycles.